The maximum Gasteiger partial charge on any atom is 0.328 e. The summed E-state index contributed by atoms with van der Waals surface area (Å²) in [5.41, 5.74) is 1.47. The van der Waals surface area contributed by atoms with Gasteiger partial charge in [-0.1, -0.05) is 50.2 Å². The van der Waals surface area contributed by atoms with Crippen molar-refractivity contribution in [3.63, 3.8) is 0 Å². The SMILES string of the molecule is COC(=O)C(CC(C)C)NC(=O)CCC(=O)N(c1ccccc1)c1ccccc1. The van der Waals surface area contributed by atoms with Crippen LogP contribution in [0.15, 0.2) is 60.7 Å². The van der Waals surface area contributed by atoms with E-state index in [0.29, 0.717) is 6.42 Å². The summed E-state index contributed by atoms with van der Waals surface area (Å²) in [7, 11) is 1.29. The molecule has 0 bridgehead atoms. The van der Waals surface area contributed by atoms with Gasteiger partial charge in [0, 0.05) is 24.2 Å². The molecule has 0 aliphatic rings. The predicted octanol–water partition coefficient (Wildman–Crippen LogP) is 3.84. The van der Waals surface area contributed by atoms with E-state index in [1.165, 1.54) is 7.11 Å². The minimum Gasteiger partial charge on any atom is -0.467 e. The number of methoxy groups -OCH3 is 1. The smallest absolute Gasteiger partial charge is 0.328 e. The Hall–Kier alpha value is -3.15. The van der Waals surface area contributed by atoms with Crippen molar-refractivity contribution in [1.29, 1.82) is 0 Å². The van der Waals surface area contributed by atoms with E-state index in [2.05, 4.69) is 5.32 Å². The molecule has 0 saturated carbocycles. The van der Waals surface area contributed by atoms with Gasteiger partial charge in [-0.15, -0.1) is 0 Å². The highest BCUT2D eigenvalue weighted by Crippen LogP contribution is 2.26. The van der Waals surface area contributed by atoms with Crippen molar-refractivity contribution >= 4 is 29.2 Å². The van der Waals surface area contributed by atoms with Crippen molar-refractivity contribution in [2.24, 2.45) is 5.92 Å². The molecule has 2 aromatic rings. The normalized spacial score (nSPS) is 11.6. The largest absolute Gasteiger partial charge is 0.467 e. The van der Waals surface area contributed by atoms with E-state index in [9.17, 15) is 14.4 Å². The zero-order chi connectivity index (χ0) is 21.2. The lowest BCUT2D eigenvalue weighted by atomic mass is 10.0. The Balaban J connectivity index is 2.06. The summed E-state index contributed by atoms with van der Waals surface area (Å²) in [5.74, 6) is -0.812. The van der Waals surface area contributed by atoms with Gasteiger partial charge in [0.05, 0.1) is 7.11 Å². The number of ether oxygens (including phenoxy) is 1. The van der Waals surface area contributed by atoms with Crippen LogP contribution in [0.25, 0.3) is 0 Å². The van der Waals surface area contributed by atoms with Crippen molar-refractivity contribution in [2.45, 2.75) is 39.2 Å². The van der Waals surface area contributed by atoms with Crippen LogP contribution in [0.4, 0.5) is 11.4 Å². The Morgan fingerprint density at radius 2 is 1.41 bits per heavy atom. The minimum absolute atomic E-state index is 0.0133. The fraction of sp³-hybridized carbons (Fsp3) is 0.348. The second-order valence-electron chi connectivity index (χ2n) is 7.17. The van der Waals surface area contributed by atoms with Gasteiger partial charge in [0.15, 0.2) is 0 Å². The molecular weight excluding hydrogens is 368 g/mol. The van der Waals surface area contributed by atoms with E-state index < -0.39 is 12.0 Å². The lowest BCUT2D eigenvalue weighted by Gasteiger charge is -2.23. The first kappa shape index (κ1) is 22.1. The minimum atomic E-state index is -0.707. The van der Waals surface area contributed by atoms with Crippen molar-refractivity contribution in [1.82, 2.24) is 5.32 Å². The Labute approximate surface area is 171 Å². The molecule has 6 heteroatoms. The van der Waals surface area contributed by atoms with Crippen LogP contribution in [-0.2, 0) is 19.1 Å². The molecule has 2 rings (SSSR count). The van der Waals surface area contributed by atoms with Crippen LogP contribution in [-0.4, -0.2) is 30.9 Å². The Morgan fingerprint density at radius 3 is 1.86 bits per heavy atom. The Bertz CT molecular complexity index is 767. The van der Waals surface area contributed by atoms with Gasteiger partial charge >= 0.3 is 5.97 Å². The zero-order valence-corrected chi connectivity index (χ0v) is 17.1. The lowest BCUT2D eigenvalue weighted by Crippen LogP contribution is -2.42. The molecule has 1 atom stereocenters. The number of carbonyl (C=O) groups is 3. The van der Waals surface area contributed by atoms with Gasteiger partial charge in [0.2, 0.25) is 11.8 Å². The van der Waals surface area contributed by atoms with E-state index in [-0.39, 0.29) is 30.6 Å². The van der Waals surface area contributed by atoms with E-state index in [1.807, 2.05) is 74.5 Å². The number of nitrogens with zero attached hydrogens (tertiary/aromatic N) is 1. The molecule has 1 N–H and O–H groups in total. The number of carbonyl (C=O) groups excluding carboxylic acids is 3. The number of nitrogens with one attached hydrogen (secondary N) is 1. The number of benzene rings is 2. The number of hydrogen-bond acceptors (Lipinski definition) is 4. The number of hydrogen-bond donors (Lipinski definition) is 1. The molecule has 0 aliphatic carbocycles. The third kappa shape index (κ3) is 6.75. The monoisotopic (exact) mass is 396 g/mol. The molecule has 6 nitrogen and oxygen atoms in total. The van der Waals surface area contributed by atoms with Crippen LogP contribution in [0, 0.1) is 5.92 Å². The zero-order valence-electron chi connectivity index (χ0n) is 17.1. The van der Waals surface area contributed by atoms with Crippen LogP contribution in [0.5, 0.6) is 0 Å². The molecule has 1 unspecified atom stereocenters. The Morgan fingerprint density at radius 1 is 0.897 bits per heavy atom. The maximum absolute atomic E-state index is 13.0. The second kappa shape index (κ2) is 11.0. The fourth-order valence-corrected chi connectivity index (χ4v) is 3.02. The molecule has 0 aliphatic heterocycles. The van der Waals surface area contributed by atoms with Crippen LogP contribution in [0.2, 0.25) is 0 Å². The van der Waals surface area contributed by atoms with Gasteiger partial charge in [0.25, 0.3) is 0 Å². The summed E-state index contributed by atoms with van der Waals surface area (Å²) in [6.45, 7) is 3.92. The molecule has 0 radical (unpaired) electrons. The number of para-hydroxylation sites is 2. The molecular formula is C23H28N2O4. The summed E-state index contributed by atoms with van der Waals surface area (Å²) in [6, 6.07) is 17.9. The summed E-state index contributed by atoms with van der Waals surface area (Å²) in [4.78, 5) is 38.8. The van der Waals surface area contributed by atoms with E-state index in [4.69, 9.17) is 4.74 Å². The first-order valence-electron chi connectivity index (χ1n) is 9.72. The van der Waals surface area contributed by atoms with Crippen LogP contribution in [0.1, 0.15) is 33.1 Å². The van der Waals surface area contributed by atoms with Gasteiger partial charge in [-0.3, -0.25) is 14.5 Å². The summed E-state index contributed by atoms with van der Waals surface area (Å²) in [6.07, 6.45) is 0.484. The van der Waals surface area contributed by atoms with Gasteiger partial charge in [-0.25, -0.2) is 4.79 Å². The molecule has 29 heavy (non-hydrogen) atoms. The number of amides is 2. The van der Waals surface area contributed by atoms with E-state index >= 15 is 0 Å². The highest BCUT2D eigenvalue weighted by molar-refractivity contribution is 6.01. The first-order chi connectivity index (χ1) is 13.9. The lowest BCUT2D eigenvalue weighted by molar-refractivity contribution is -0.145. The molecule has 0 fully saturated rings. The predicted molar refractivity (Wildman–Crippen MR) is 113 cm³/mol. The van der Waals surface area contributed by atoms with Crippen molar-refractivity contribution in [2.75, 3.05) is 12.0 Å². The number of rotatable bonds is 9. The average molecular weight is 396 g/mol. The highest BCUT2D eigenvalue weighted by atomic mass is 16.5. The summed E-state index contributed by atoms with van der Waals surface area (Å²) in [5, 5.41) is 2.69. The van der Waals surface area contributed by atoms with E-state index in [0.717, 1.165) is 11.4 Å². The molecule has 2 amide bonds. The van der Waals surface area contributed by atoms with Gasteiger partial charge in [-0.05, 0) is 36.6 Å². The standard InChI is InChI=1S/C23H28N2O4/c1-17(2)16-20(23(28)29-3)24-21(26)14-15-22(27)25(18-10-6-4-7-11-18)19-12-8-5-9-13-19/h4-13,17,20H,14-16H2,1-3H3,(H,24,26). The molecule has 154 valence electrons. The quantitative estimate of drug-likeness (QED) is 0.654. The molecule has 0 aromatic heterocycles. The highest BCUT2D eigenvalue weighted by Gasteiger charge is 2.24. The van der Waals surface area contributed by atoms with Crippen LogP contribution >= 0.6 is 0 Å². The van der Waals surface area contributed by atoms with Crippen molar-refractivity contribution in [3.8, 4) is 0 Å². The third-order valence-electron chi connectivity index (χ3n) is 4.37. The van der Waals surface area contributed by atoms with Crippen molar-refractivity contribution in [3.05, 3.63) is 60.7 Å². The first-order valence-corrected chi connectivity index (χ1v) is 9.72. The Kier molecular flexibility index (Phi) is 8.40. The average Bonchev–Trinajstić information content (AvgIpc) is 2.72. The van der Waals surface area contributed by atoms with Gasteiger partial charge in [-0.2, -0.15) is 0 Å². The van der Waals surface area contributed by atoms with E-state index in [1.54, 1.807) is 4.90 Å². The van der Waals surface area contributed by atoms with Crippen molar-refractivity contribution < 1.29 is 19.1 Å². The fourth-order valence-electron chi connectivity index (χ4n) is 3.02. The number of anilines is 2. The number of esters is 1. The summed E-state index contributed by atoms with van der Waals surface area (Å²) >= 11 is 0. The summed E-state index contributed by atoms with van der Waals surface area (Å²) < 4.78 is 4.76. The van der Waals surface area contributed by atoms with Gasteiger partial charge < -0.3 is 10.1 Å². The molecule has 0 heterocycles. The van der Waals surface area contributed by atoms with Crippen LogP contribution < -0.4 is 10.2 Å². The molecule has 0 saturated heterocycles. The molecule has 2 aromatic carbocycles. The third-order valence-corrected chi connectivity index (χ3v) is 4.37. The topological polar surface area (TPSA) is 75.7 Å². The molecule has 0 spiro atoms. The van der Waals surface area contributed by atoms with Gasteiger partial charge in [0.1, 0.15) is 6.04 Å². The second-order valence-corrected chi connectivity index (χ2v) is 7.17. The maximum atomic E-state index is 13.0. The van der Waals surface area contributed by atoms with Crippen LogP contribution in [0.3, 0.4) is 0 Å².